The van der Waals surface area contributed by atoms with Crippen molar-refractivity contribution in [3.05, 3.63) is 54.1 Å². The summed E-state index contributed by atoms with van der Waals surface area (Å²) in [6.45, 7) is 7.70. The number of hydrogen-bond acceptors (Lipinski definition) is 4. The number of nitrogens with zero attached hydrogens (tertiary/aromatic N) is 4. The van der Waals surface area contributed by atoms with Gasteiger partial charge in [-0.3, -0.25) is 9.69 Å². The second-order valence-electron chi connectivity index (χ2n) is 12.2. The van der Waals surface area contributed by atoms with Crippen molar-refractivity contribution in [1.29, 1.82) is 0 Å². The molecule has 2 amide bonds. The van der Waals surface area contributed by atoms with E-state index >= 15 is 0 Å². The van der Waals surface area contributed by atoms with Crippen LogP contribution in [-0.4, -0.2) is 62.6 Å². The smallest absolute Gasteiger partial charge is 0.410 e. The van der Waals surface area contributed by atoms with E-state index < -0.39 is 11.6 Å². The molecule has 39 heavy (non-hydrogen) atoms. The Balaban J connectivity index is 1.23. The fourth-order valence-electron chi connectivity index (χ4n) is 6.10. The first kappa shape index (κ1) is 27.2. The lowest BCUT2D eigenvalue weighted by molar-refractivity contribution is -0.138. The van der Waals surface area contributed by atoms with Crippen LogP contribution in [0.3, 0.4) is 0 Å². The average molecular weight is 531 g/mol. The summed E-state index contributed by atoms with van der Waals surface area (Å²) in [5.74, 6) is 1.59. The number of benzene rings is 2. The Hall–Kier alpha value is -3.35. The van der Waals surface area contributed by atoms with E-state index in [-0.39, 0.29) is 12.0 Å². The molecule has 7 heteroatoms. The van der Waals surface area contributed by atoms with Crippen LogP contribution in [0.2, 0.25) is 0 Å². The lowest BCUT2D eigenvalue weighted by Gasteiger charge is -2.38. The van der Waals surface area contributed by atoms with Gasteiger partial charge in [0.05, 0.1) is 11.0 Å². The van der Waals surface area contributed by atoms with Gasteiger partial charge in [0.2, 0.25) is 5.91 Å². The van der Waals surface area contributed by atoms with Crippen LogP contribution in [0.1, 0.15) is 64.9 Å². The molecule has 2 aliphatic rings. The molecular weight excluding hydrogens is 488 g/mol. The molecule has 7 nitrogen and oxygen atoms in total. The lowest BCUT2D eigenvalue weighted by Crippen LogP contribution is -2.54. The zero-order chi connectivity index (χ0) is 27.6. The van der Waals surface area contributed by atoms with Crippen LogP contribution in [0, 0.1) is 5.92 Å². The van der Waals surface area contributed by atoms with Gasteiger partial charge in [0, 0.05) is 32.2 Å². The molecule has 208 valence electrons. The first-order valence-electron chi connectivity index (χ1n) is 14.5. The van der Waals surface area contributed by atoms with Crippen molar-refractivity contribution in [3.63, 3.8) is 0 Å². The quantitative estimate of drug-likeness (QED) is 0.403. The third-order valence-corrected chi connectivity index (χ3v) is 8.07. The van der Waals surface area contributed by atoms with Gasteiger partial charge in [0.15, 0.2) is 0 Å². The summed E-state index contributed by atoms with van der Waals surface area (Å²) >= 11 is 0. The molecule has 1 aromatic heterocycles. The van der Waals surface area contributed by atoms with Gasteiger partial charge < -0.3 is 14.2 Å². The van der Waals surface area contributed by atoms with Gasteiger partial charge in [-0.25, -0.2) is 9.78 Å². The van der Waals surface area contributed by atoms with E-state index in [4.69, 9.17) is 9.72 Å². The SMILES string of the molecule is Cn1c(-c2cccc(CC3CCCN(C(=O)[C@H]4CCCCN4C(=O)OC(C)(C)C)CC3)c2)nc2ccccc21. The summed E-state index contributed by atoms with van der Waals surface area (Å²) in [6, 6.07) is 16.6. The van der Waals surface area contributed by atoms with Gasteiger partial charge in [-0.15, -0.1) is 0 Å². The molecule has 3 heterocycles. The highest BCUT2D eigenvalue weighted by atomic mass is 16.6. The topological polar surface area (TPSA) is 67.7 Å². The molecule has 0 N–H and O–H groups in total. The number of carbonyl (C=O) groups is 2. The van der Waals surface area contributed by atoms with Crippen LogP contribution < -0.4 is 0 Å². The number of likely N-dealkylation sites (tertiary alicyclic amines) is 2. The molecule has 0 aliphatic carbocycles. The Bertz CT molecular complexity index is 1320. The fraction of sp³-hybridized carbons (Fsp3) is 0.531. The van der Waals surface area contributed by atoms with Crippen molar-refractivity contribution in [2.75, 3.05) is 19.6 Å². The highest BCUT2D eigenvalue weighted by Gasteiger charge is 2.37. The molecule has 0 spiro atoms. The normalized spacial score (nSPS) is 20.6. The van der Waals surface area contributed by atoms with Crippen molar-refractivity contribution in [3.8, 4) is 11.4 Å². The van der Waals surface area contributed by atoms with Gasteiger partial charge in [-0.05, 0) is 95.4 Å². The molecule has 2 aromatic carbocycles. The number of rotatable bonds is 4. The van der Waals surface area contributed by atoms with Crippen LogP contribution in [0.25, 0.3) is 22.4 Å². The Morgan fingerprint density at radius 1 is 0.949 bits per heavy atom. The summed E-state index contributed by atoms with van der Waals surface area (Å²) in [4.78, 5) is 35.0. The third kappa shape index (κ3) is 6.29. The summed E-state index contributed by atoms with van der Waals surface area (Å²) in [6.07, 6.45) is 6.28. The summed E-state index contributed by atoms with van der Waals surface area (Å²) < 4.78 is 7.79. The molecule has 2 saturated heterocycles. The predicted octanol–water partition coefficient (Wildman–Crippen LogP) is 6.20. The number of ether oxygens (including phenoxy) is 1. The molecule has 1 unspecified atom stereocenters. The van der Waals surface area contributed by atoms with Gasteiger partial charge in [0.25, 0.3) is 0 Å². The minimum absolute atomic E-state index is 0.0880. The maximum atomic E-state index is 13.6. The Kier molecular flexibility index (Phi) is 7.96. The Morgan fingerprint density at radius 2 is 1.77 bits per heavy atom. The molecule has 2 fully saturated rings. The van der Waals surface area contributed by atoms with Crippen LogP contribution in [-0.2, 0) is 23.0 Å². The van der Waals surface area contributed by atoms with E-state index in [9.17, 15) is 9.59 Å². The maximum absolute atomic E-state index is 13.6. The molecular formula is C32H42N4O3. The first-order valence-corrected chi connectivity index (χ1v) is 14.5. The van der Waals surface area contributed by atoms with E-state index in [1.54, 1.807) is 4.90 Å². The lowest BCUT2D eigenvalue weighted by atomic mass is 9.92. The highest BCUT2D eigenvalue weighted by Crippen LogP contribution is 2.28. The minimum atomic E-state index is -0.570. The standard InChI is InChI=1S/C32H42N4O3/c1-32(2,3)39-31(38)36-19-8-7-16-28(36)30(37)35-18-10-12-23(17-20-35)21-24-11-9-13-25(22-24)29-33-26-14-5-6-15-27(26)34(29)4/h5-6,9,11,13-15,22-23,28H,7-8,10,12,16-21H2,1-4H3/t23?,28-/m1/s1. The fourth-order valence-corrected chi connectivity index (χ4v) is 6.10. The first-order chi connectivity index (χ1) is 18.7. The minimum Gasteiger partial charge on any atom is -0.444 e. The number of aromatic nitrogens is 2. The number of carbonyl (C=O) groups excluding carboxylic acids is 2. The van der Waals surface area contributed by atoms with E-state index in [2.05, 4.69) is 48.0 Å². The van der Waals surface area contributed by atoms with Crippen LogP contribution in [0.15, 0.2) is 48.5 Å². The number of aryl methyl sites for hydroxylation is 1. The van der Waals surface area contributed by atoms with E-state index in [0.717, 1.165) is 74.0 Å². The van der Waals surface area contributed by atoms with Crippen molar-refractivity contribution >= 4 is 23.0 Å². The third-order valence-electron chi connectivity index (χ3n) is 8.07. The van der Waals surface area contributed by atoms with E-state index in [1.807, 2.05) is 37.8 Å². The zero-order valence-electron chi connectivity index (χ0n) is 23.9. The Morgan fingerprint density at radius 3 is 2.56 bits per heavy atom. The summed E-state index contributed by atoms with van der Waals surface area (Å²) in [5.41, 5.74) is 4.02. The number of piperidine rings is 1. The molecule has 0 radical (unpaired) electrons. The van der Waals surface area contributed by atoms with Crippen LogP contribution >= 0.6 is 0 Å². The highest BCUT2D eigenvalue weighted by molar-refractivity contribution is 5.86. The molecule has 3 aromatic rings. The number of amides is 2. The number of hydrogen-bond donors (Lipinski definition) is 0. The molecule has 5 rings (SSSR count). The number of para-hydroxylation sites is 2. The second-order valence-corrected chi connectivity index (χ2v) is 12.2. The summed E-state index contributed by atoms with van der Waals surface area (Å²) in [5, 5.41) is 0. The van der Waals surface area contributed by atoms with Gasteiger partial charge in [0.1, 0.15) is 17.5 Å². The molecule has 2 atom stereocenters. The van der Waals surface area contributed by atoms with E-state index in [1.165, 1.54) is 5.56 Å². The zero-order valence-corrected chi connectivity index (χ0v) is 23.9. The van der Waals surface area contributed by atoms with Gasteiger partial charge in [-0.1, -0.05) is 30.3 Å². The predicted molar refractivity (Wildman–Crippen MR) is 154 cm³/mol. The average Bonchev–Trinajstić information content (AvgIpc) is 3.08. The molecule has 0 saturated carbocycles. The van der Waals surface area contributed by atoms with E-state index in [0.29, 0.717) is 18.9 Å². The molecule has 2 aliphatic heterocycles. The monoisotopic (exact) mass is 530 g/mol. The van der Waals surface area contributed by atoms with Gasteiger partial charge >= 0.3 is 6.09 Å². The van der Waals surface area contributed by atoms with Crippen LogP contribution in [0.4, 0.5) is 4.79 Å². The Labute approximate surface area is 232 Å². The van der Waals surface area contributed by atoms with Crippen molar-refractivity contribution in [2.45, 2.75) is 77.4 Å². The number of imidazole rings is 1. The second kappa shape index (κ2) is 11.4. The van der Waals surface area contributed by atoms with Crippen molar-refractivity contribution < 1.29 is 14.3 Å². The molecule has 0 bridgehead atoms. The number of fused-ring (bicyclic) bond motifs is 1. The van der Waals surface area contributed by atoms with Gasteiger partial charge in [-0.2, -0.15) is 0 Å². The maximum Gasteiger partial charge on any atom is 0.410 e. The largest absolute Gasteiger partial charge is 0.444 e. The van der Waals surface area contributed by atoms with Crippen molar-refractivity contribution in [1.82, 2.24) is 19.4 Å². The summed E-state index contributed by atoms with van der Waals surface area (Å²) in [7, 11) is 2.07. The van der Waals surface area contributed by atoms with Crippen molar-refractivity contribution in [2.24, 2.45) is 13.0 Å². The van der Waals surface area contributed by atoms with Crippen LogP contribution in [0.5, 0.6) is 0 Å².